The summed E-state index contributed by atoms with van der Waals surface area (Å²) in [6.45, 7) is 5.89. The number of piperazine rings is 1. The summed E-state index contributed by atoms with van der Waals surface area (Å²) < 4.78 is 1.88. The summed E-state index contributed by atoms with van der Waals surface area (Å²) in [5.74, 6) is 0.0778. The van der Waals surface area contributed by atoms with Crippen molar-refractivity contribution in [3.8, 4) is 5.69 Å². The van der Waals surface area contributed by atoms with Gasteiger partial charge in [-0.15, -0.1) is 0 Å². The van der Waals surface area contributed by atoms with Crippen molar-refractivity contribution in [3.63, 3.8) is 0 Å². The normalized spacial score (nSPS) is 22.0. The number of imidazole rings is 1. The van der Waals surface area contributed by atoms with Gasteiger partial charge >= 0.3 is 0 Å². The van der Waals surface area contributed by atoms with Gasteiger partial charge in [-0.2, -0.15) is 0 Å². The number of rotatable bonds is 3. The second-order valence-electron chi connectivity index (χ2n) is 6.46. The zero-order chi connectivity index (χ0) is 16.4. The van der Waals surface area contributed by atoms with Crippen LogP contribution in [0.5, 0.6) is 0 Å². The SMILES string of the molecule is O=C(c1cncn1-c1ccccc1)N1CCC(N2CCNCC2)C1. The van der Waals surface area contributed by atoms with E-state index in [1.165, 1.54) is 0 Å². The van der Waals surface area contributed by atoms with Crippen LogP contribution in [0.4, 0.5) is 0 Å². The van der Waals surface area contributed by atoms with Crippen molar-refractivity contribution in [2.75, 3.05) is 39.3 Å². The van der Waals surface area contributed by atoms with E-state index in [4.69, 9.17) is 0 Å². The molecule has 6 nitrogen and oxygen atoms in total. The minimum atomic E-state index is 0.0778. The van der Waals surface area contributed by atoms with Crippen LogP contribution >= 0.6 is 0 Å². The third-order valence-electron chi connectivity index (χ3n) is 5.01. The van der Waals surface area contributed by atoms with Crippen molar-refractivity contribution < 1.29 is 4.79 Å². The highest BCUT2D eigenvalue weighted by Gasteiger charge is 2.32. The minimum Gasteiger partial charge on any atom is -0.336 e. The number of hydrogen-bond donors (Lipinski definition) is 1. The molecule has 4 rings (SSSR count). The van der Waals surface area contributed by atoms with Crippen molar-refractivity contribution in [1.29, 1.82) is 0 Å². The first-order valence-corrected chi connectivity index (χ1v) is 8.65. The van der Waals surface area contributed by atoms with Crippen molar-refractivity contribution in [1.82, 2.24) is 24.7 Å². The van der Waals surface area contributed by atoms with Gasteiger partial charge in [0.15, 0.2) is 0 Å². The topological polar surface area (TPSA) is 53.4 Å². The Balaban J connectivity index is 1.48. The van der Waals surface area contributed by atoms with Gasteiger partial charge in [-0.25, -0.2) is 4.98 Å². The zero-order valence-electron chi connectivity index (χ0n) is 13.8. The van der Waals surface area contributed by atoms with E-state index in [0.29, 0.717) is 11.7 Å². The van der Waals surface area contributed by atoms with Crippen LogP contribution in [-0.4, -0.2) is 70.6 Å². The molecular weight excluding hydrogens is 302 g/mol. The average molecular weight is 325 g/mol. The quantitative estimate of drug-likeness (QED) is 0.914. The smallest absolute Gasteiger partial charge is 0.272 e. The molecule has 2 saturated heterocycles. The van der Waals surface area contributed by atoms with Crippen LogP contribution in [0.25, 0.3) is 5.69 Å². The molecule has 1 aromatic carbocycles. The molecular formula is C18H23N5O. The van der Waals surface area contributed by atoms with E-state index in [1.807, 2.05) is 39.8 Å². The number of carbonyl (C=O) groups is 1. The van der Waals surface area contributed by atoms with E-state index in [-0.39, 0.29) is 5.91 Å². The van der Waals surface area contributed by atoms with Crippen molar-refractivity contribution in [2.45, 2.75) is 12.5 Å². The second-order valence-corrected chi connectivity index (χ2v) is 6.46. The molecule has 0 aliphatic carbocycles. The Hall–Kier alpha value is -2.18. The number of hydrogen-bond acceptors (Lipinski definition) is 4. The molecule has 1 aromatic heterocycles. The maximum Gasteiger partial charge on any atom is 0.272 e. The van der Waals surface area contributed by atoms with E-state index in [1.54, 1.807) is 12.5 Å². The van der Waals surface area contributed by atoms with Gasteiger partial charge in [0.1, 0.15) is 5.69 Å². The lowest BCUT2D eigenvalue weighted by atomic mass is 10.2. The Morgan fingerprint density at radius 1 is 1.12 bits per heavy atom. The number of benzene rings is 1. The molecule has 0 saturated carbocycles. The minimum absolute atomic E-state index is 0.0778. The first kappa shape index (κ1) is 15.4. The van der Waals surface area contributed by atoms with Gasteiger partial charge in [0, 0.05) is 51.0 Å². The molecule has 3 heterocycles. The number of likely N-dealkylation sites (tertiary alicyclic amines) is 1. The first-order chi connectivity index (χ1) is 11.8. The fourth-order valence-corrected chi connectivity index (χ4v) is 3.68. The number of carbonyl (C=O) groups excluding carboxylic acids is 1. The molecule has 2 aliphatic rings. The van der Waals surface area contributed by atoms with Crippen molar-refractivity contribution in [3.05, 3.63) is 48.5 Å². The fraction of sp³-hybridized carbons (Fsp3) is 0.444. The van der Waals surface area contributed by atoms with E-state index in [0.717, 1.165) is 51.4 Å². The first-order valence-electron chi connectivity index (χ1n) is 8.65. The van der Waals surface area contributed by atoms with Crippen LogP contribution in [0.15, 0.2) is 42.9 Å². The number of nitrogens with zero attached hydrogens (tertiary/aromatic N) is 4. The molecule has 1 N–H and O–H groups in total. The Bertz CT molecular complexity index is 692. The van der Waals surface area contributed by atoms with Gasteiger partial charge < -0.3 is 10.2 Å². The lowest BCUT2D eigenvalue weighted by molar-refractivity contribution is 0.0765. The Morgan fingerprint density at radius 2 is 1.92 bits per heavy atom. The summed E-state index contributed by atoms with van der Waals surface area (Å²) in [6.07, 6.45) is 4.45. The largest absolute Gasteiger partial charge is 0.336 e. The fourth-order valence-electron chi connectivity index (χ4n) is 3.68. The number of para-hydroxylation sites is 1. The number of aromatic nitrogens is 2. The highest BCUT2D eigenvalue weighted by molar-refractivity contribution is 5.93. The molecule has 2 aliphatic heterocycles. The standard InChI is InChI=1S/C18H23N5O/c24-18(17-12-20-14-23(17)15-4-2-1-3-5-15)22-9-6-16(13-22)21-10-7-19-8-11-21/h1-5,12,14,16,19H,6-11,13H2. The molecule has 2 aromatic rings. The number of amides is 1. The van der Waals surface area contributed by atoms with Crippen LogP contribution in [0.2, 0.25) is 0 Å². The summed E-state index contributed by atoms with van der Waals surface area (Å²) in [5, 5.41) is 3.39. The Morgan fingerprint density at radius 3 is 2.71 bits per heavy atom. The van der Waals surface area contributed by atoms with E-state index < -0.39 is 0 Å². The molecule has 126 valence electrons. The predicted molar refractivity (Wildman–Crippen MR) is 92.3 cm³/mol. The molecule has 1 atom stereocenters. The van der Waals surface area contributed by atoms with Gasteiger partial charge in [0.25, 0.3) is 5.91 Å². The van der Waals surface area contributed by atoms with Gasteiger partial charge in [-0.05, 0) is 18.6 Å². The average Bonchev–Trinajstić information content (AvgIpc) is 3.32. The van der Waals surface area contributed by atoms with Crippen LogP contribution in [-0.2, 0) is 0 Å². The lowest BCUT2D eigenvalue weighted by Crippen LogP contribution is -2.49. The van der Waals surface area contributed by atoms with Crippen LogP contribution in [0.1, 0.15) is 16.9 Å². The molecule has 0 radical (unpaired) electrons. The van der Waals surface area contributed by atoms with Crippen LogP contribution in [0.3, 0.4) is 0 Å². The van der Waals surface area contributed by atoms with Gasteiger partial charge in [0.05, 0.1) is 12.5 Å². The molecule has 0 bridgehead atoms. The maximum atomic E-state index is 13.0. The van der Waals surface area contributed by atoms with Crippen molar-refractivity contribution in [2.24, 2.45) is 0 Å². The summed E-state index contributed by atoms with van der Waals surface area (Å²) in [6, 6.07) is 10.4. The van der Waals surface area contributed by atoms with Crippen LogP contribution < -0.4 is 5.32 Å². The number of nitrogens with one attached hydrogen (secondary N) is 1. The molecule has 1 amide bonds. The van der Waals surface area contributed by atoms with Gasteiger partial charge in [0.2, 0.25) is 0 Å². The highest BCUT2D eigenvalue weighted by atomic mass is 16.2. The molecule has 6 heteroatoms. The maximum absolute atomic E-state index is 13.0. The van der Waals surface area contributed by atoms with Crippen LogP contribution in [0, 0.1) is 0 Å². The molecule has 2 fully saturated rings. The van der Waals surface area contributed by atoms with E-state index in [2.05, 4.69) is 15.2 Å². The summed E-state index contributed by atoms with van der Waals surface area (Å²) >= 11 is 0. The molecule has 24 heavy (non-hydrogen) atoms. The second kappa shape index (κ2) is 6.75. The summed E-state index contributed by atoms with van der Waals surface area (Å²) in [5.41, 5.74) is 1.61. The summed E-state index contributed by atoms with van der Waals surface area (Å²) in [4.78, 5) is 21.6. The highest BCUT2D eigenvalue weighted by Crippen LogP contribution is 2.20. The Kier molecular flexibility index (Phi) is 4.32. The third kappa shape index (κ3) is 2.95. The molecule has 1 unspecified atom stereocenters. The summed E-state index contributed by atoms with van der Waals surface area (Å²) in [7, 11) is 0. The zero-order valence-corrected chi connectivity index (χ0v) is 13.8. The molecule has 0 spiro atoms. The van der Waals surface area contributed by atoms with Gasteiger partial charge in [-0.3, -0.25) is 14.3 Å². The lowest BCUT2D eigenvalue weighted by Gasteiger charge is -2.32. The monoisotopic (exact) mass is 325 g/mol. The predicted octanol–water partition coefficient (Wildman–Crippen LogP) is 0.992. The van der Waals surface area contributed by atoms with Crippen molar-refractivity contribution >= 4 is 5.91 Å². The van der Waals surface area contributed by atoms with Gasteiger partial charge in [-0.1, -0.05) is 18.2 Å². The van der Waals surface area contributed by atoms with E-state index in [9.17, 15) is 4.79 Å². The van der Waals surface area contributed by atoms with E-state index >= 15 is 0 Å². The Labute approximate surface area is 142 Å². The third-order valence-corrected chi connectivity index (χ3v) is 5.01.